The third-order valence-corrected chi connectivity index (χ3v) is 2.47. The predicted octanol–water partition coefficient (Wildman–Crippen LogP) is 0.788. The van der Waals surface area contributed by atoms with Crippen molar-refractivity contribution < 1.29 is 9.90 Å². The topological polar surface area (TPSA) is 49.3 Å². The number of nitrogens with one attached hydrogen (secondary N) is 1. The average Bonchev–Trinajstić information content (AvgIpc) is 2.56. The van der Waals surface area contributed by atoms with Gasteiger partial charge in [-0.2, -0.15) is 0 Å². The van der Waals surface area contributed by atoms with Crippen LogP contribution in [0.25, 0.3) is 0 Å². The fraction of sp³-hybridized carbons (Fsp3) is 0.444. The molecule has 0 fully saturated rings. The second-order valence-electron chi connectivity index (χ2n) is 2.91. The molecule has 0 bridgehead atoms. The fourth-order valence-electron chi connectivity index (χ4n) is 0.943. The summed E-state index contributed by atoms with van der Waals surface area (Å²) in [6, 6.07) is 3.68. The fourth-order valence-corrected chi connectivity index (χ4v) is 1.65. The Kier molecular flexibility index (Phi) is 3.92. The summed E-state index contributed by atoms with van der Waals surface area (Å²) < 4.78 is 0. The van der Waals surface area contributed by atoms with Crippen LogP contribution in [-0.2, 0) is 11.2 Å². The minimum absolute atomic E-state index is 0.0177. The maximum Gasteiger partial charge on any atom is 0.225 e. The lowest BCUT2D eigenvalue weighted by atomic mass is 10.3. The van der Waals surface area contributed by atoms with E-state index in [2.05, 4.69) is 5.32 Å². The average molecular weight is 199 g/mol. The number of hydrogen-bond acceptors (Lipinski definition) is 3. The van der Waals surface area contributed by atoms with Crippen molar-refractivity contribution in [1.82, 2.24) is 5.32 Å². The largest absolute Gasteiger partial charge is 0.394 e. The minimum atomic E-state index is -0.160. The molecule has 1 aromatic rings. The SMILES string of the molecule is CC(CO)NC(=O)Cc1cccs1. The molecule has 0 saturated heterocycles. The monoisotopic (exact) mass is 199 g/mol. The van der Waals surface area contributed by atoms with Gasteiger partial charge in [-0.1, -0.05) is 6.07 Å². The lowest BCUT2D eigenvalue weighted by molar-refractivity contribution is -0.121. The molecule has 1 heterocycles. The van der Waals surface area contributed by atoms with Gasteiger partial charge in [-0.3, -0.25) is 4.79 Å². The molecule has 2 N–H and O–H groups in total. The van der Waals surface area contributed by atoms with E-state index in [0.717, 1.165) is 4.88 Å². The first-order valence-electron chi connectivity index (χ1n) is 4.15. The van der Waals surface area contributed by atoms with Crippen molar-refractivity contribution in [3.05, 3.63) is 22.4 Å². The molecule has 0 radical (unpaired) electrons. The van der Waals surface area contributed by atoms with Crippen molar-refractivity contribution in [2.75, 3.05) is 6.61 Å². The van der Waals surface area contributed by atoms with Crippen molar-refractivity contribution in [1.29, 1.82) is 0 Å². The highest BCUT2D eigenvalue weighted by molar-refractivity contribution is 7.10. The van der Waals surface area contributed by atoms with Gasteiger partial charge in [-0.25, -0.2) is 0 Å². The highest BCUT2D eigenvalue weighted by atomic mass is 32.1. The Bertz CT molecular complexity index is 259. The van der Waals surface area contributed by atoms with E-state index in [4.69, 9.17) is 5.11 Å². The van der Waals surface area contributed by atoms with Crippen molar-refractivity contribution in [3.8, 4) is 0 Å². The van der Waals surface area contributed by atoms with Crippen molar-refractivity contribution in [3.63, 3.8) is 0 Å². The number of amides is 1. The van der Waals surface area contributed by atoms with Crippen LogP contribution >= 0.6 is 11.3 Å². The van der Waals surface area contributed by atoms with Crippen molar-refractivity contribution in [2.24, 2.45) is 0 Å². The Morgan fingerprint density at radius 3 is 3.08 bits per heavy atom. The minimum Gasteiger partial charge on any atom is -0.394 e. The molecule has 0 spiro atoms. The van der Waals surface area contributed by atoms with Gasteiger partial charge in [0.1, 0.15) is 0 Å². The van der Waals surface area contributed by atoms with Gasteiger partial charge < -0.3 is 10.4 Å². The molecular weight excluding hydrogens is 186 g/mol. The molecule has 1 amide bonds. The Morgan fingerprint density at radius 2 is 2.54 bits per heavy atom. The van der Waals surface area contributed by atoms with Crippen LogP contribution in [0.2, 0.25) is 0 Å². The smallest absolute Gasteiger partial charge is 0.225 e. The van der Waals surface area contributed by atoms with E-state index in [0.29, 0.717) is 6.42 Å². The van der Waals surface area contributed by atoms with Crippen LogP contribution < -0.4 is 5.32 Å². The molecule has 3 nitrogen and oxygen atoms in total. The third-order valence-electron chi connectivity index (χ3n) is 1.60. The van der Waals surface area contributed by atoms with Crippen LogP contribution in [0.15, 0.2) is 17.5 Å². The molecule has 0 aliphatic heterocycles. The van der Waals surface area contributed by atoms with Crippen LogP contribution in [0.5, 0.6) is 0 Å². The zero-order valence-electron chi connectivity index (χ0n) is 7.49. The van der Waals surface area contributed by atoms with Gasteiger partial charge in [-0.15, -0.1) is 11.3 Å². The summed E-state index contributed by atoms with van der Waals surface area (Å²) in [7, 11) is 0. The van der Waals surface area contributed by atoms with Crippen LogP contribution in [0.4, 0.5) is 0 Å². The maximum atomic E-state index is 11.3. The van der Waals surface area contributed by atoms with Gasteiger partial charge in [0.05, 0.1) is 13.0 Å². The molecule has 0 aliphatic carbocycles. The number of hydrogen-bond donors (Lipinski definition) is 2. The van der Waals surface area contributed by atoms with E-state index in [9.17, 15) is 4.79 Å². The van der Waals surface area contributed by atoms with Gasteiger partial charge in [0.25, 0.3) is 0 Å². The molecular formula is C9H13NO2S. The van der Waals surface area contributed by atoms with E-state index < -0.39 is 0 Å². The number of rotatable bonds is 4. The van der Waals surface area contributed by atoms with E-state index >= 15 is 0 Å². The summed E-state index contributed by atoms with van der Waals surface area (Å²) in [4.78, 5) is 12.3. The summed E-state index contributed by atoms with van der Waals surface area (Å²) in [5.74, 6) is -0.0380. The summed E-state index contributed by atoms with van der Waals surface area (Å²) in [5.41, 5.74) is 0. The first-order chi connectivity index (χ1) is 6.22. The molecule has 0 aliphatic rings. The van der Waals surface area contributed by atoms with Gasteiger partial charge in [0.15, 0.2) is 0 Å². The van der Waals surface area contributed by atoms with Gasteiger partial charge in [-0.05, 0) is 18.4 Å². The van der Waals surface area contributed by atoms with Crippen LogP contribution in [0.3, 0.4) is 0 Å². The van der Waals surface area contributed by atoms with Crippen LogP contribution in [0.1, 0.15) is 11.8 Å². The second-order valence-corrected chi connectivity index (χ2v) is 3.94. The predicted molar refractivity (Wildman–Crippen MR) is 52.7 cm³/mol. The molecule has 13 heavy (non-hydrogen) atoms. The number of aliphatic hydroxyl groups excluding tert-OH is 1. The third kappa shape index (κ3) is 3.57. The lowest BCUT2D eigenvalue weighted by Crippen LogP contribution is -2.35. The van der Waals surface area contributed by atoms with E-state index in [-0.39, 0.29) is 18.6 Å². The molecule has 72 valence electrons. The highest BCUT2D eigenvalue weighted by Gasteiger charge is 2.06. The molecule has 4 heteroatoms. The van der Waals surface area contributed by atoms with E-state index in [1.54, 1.807) is 18.3 Å². The van der Waals surface area contributed by atoms with E-state index in [1.807, 2.05) is 17.5 Å². The summed E-state index contributed by atoms with van der Waals surface area (Å²) in [6.07, 6.45) is 0.405. The van der Waals surface area contributed by atoms with Crippen LogP contribution in [-0.4, -0.2) is 23.7 Å². The summed E-state index contributed by atoms with van der Waals surface area (Å²) in [5, 5.41) is 13.3. The molecule has 1 unspecified atom stereocenters. The Morgan fingerprint density at radius 1 is 1.77 bits per heavy atom. The molecule has 1 aromatic heterocycles. The molecule has 0 aromatic carbocycles. The number of carbonyl (C=O) groups is 1. The zero-order valence-corrected chi connectivity index (χ0v) is 8.30. The first kappa shape index (κ1) is 10.2. The van der Waals surface area contributed by atoms with Gasteiger partial charge in [0.2, 0.25) is 5.91 Å². The second kappa shape index (κ2) is 4.99. The number of aliphatic hydroxyl groups is 1. The van der Waals surface area contributed by atoms with Crippen LogP contribution in [0, 0.1) is 0 Å². The summed E-state index contributed by atoms with van der Waals surface area (Å²) in [6.45, 7) is 1.75. The molecule has 1 atom stereocenters. The normalized spacial score (nSPS) is 12.5. The van der Waals surface area contributed by atoms with Crippen molar-refractivity contribution in [2.45, 2.75) is 19.4 Å². The highest BCUT2D eigenvalue weighted by Crippen LogP contribution is 2.08. The summed E-state index contributed by atoms with van der Waals surface area (Å²) >= 11 is 1.56. The molecule has 0 saturated carbocycles. The maximum absolute atomic E-state index is 11.3. The van der Waals surface area contributed by atoms with Gasteiger partial charge in [0, 0.05) is 10.9 Å². The zero-order chi connectivity index (χ0) is 9.68. The number of thiophene rings is 1. The Labute approximate surface area is 81.4 Å². The van der Waals surface area contributed by atoms with Crippen molar-refractivity contribution >= 4 is 17.2 Å². The Hall–Kier alpha value is -0.870. The lowest BCUT2D eigenvalue weighted by Gasteiger charge is -2.09. The number of carbonyl (C=O) groups excluding carboxylic acids is 1. The van der Waals surface area contributed by atoms with E-state index in [1.165, 1.54) is 0 Å². The van der Waals surface area contributed by atoms with Gasteiger partial charge >= 0.3 is 0 Å². The molecule has 1 rings (SSSR count). The first-order valence-corrected chi connectivity index (χ1v) is 5.03. The Balaban J connectivity index is 2.34. The quantitative estimate of drug-likeness (QED) is 0.753. The standard InChI is InChI=1S/C9H13NO2S/c1-7(6-11)10-9(12)5-8-3-2-4-13-8/h2-4,7,11H,5-6H2,1H3,(H,10,12).